The fourth-order valence-electron chi connectivity index (χ4n) is 2.49. The monoisotopic (exact) mass is 401 g/mol. The van der Waals surface area contributed by atoms with Gasteiger partial charge in [0, 0.05) is 26.7 Å². The van der Waals surface area contributed by atoms with Crippen LogP contribution in [0.4, 0.5) is 0 Å². The smallest absolute Gasteiger partial charge is 0.258 e. The van der Waals surface area contributed by atoms with E-state index >= 15 is 0 Å². The molecule has 0 saturated heterocycles. The second kappa shape index (κ2) is 19.8. The van der Waals surface area contributed by atoms with Gasteiger partial charge in [0.05, 0.1) is 0 Å². The summed E-state index contributed by atoms with van der Waals surface area (Å²) in [5.74, 6) is 4.18. The van der Waals surface area contributed by atoms with Gasteiger partial charge in [-0.05, 0) is 51.7 Å². The predicted molar refractivity (Wildman–Crippen MR) is 112 cm³/mol. The zero-order valence-corrected chi connectivity index (χ0v) is 17.2. The summed E-state index contributed by atoms with van der Waals surface area (Å²) in [6.07, 6.45) is 7.00. The van der Waals surface area contributed by atoms with Crippen molar-refractivity contribution < 1.29 is 14.3 Å². The first kappa shape index (κ1) is 26.1. The SMILES string of the molecule is COC(C(=O)NCCCCCCNC=NN)C(=O)NCCCCNCCCN. The first-order chi connectivity index (χ1) is 13.7. The highest BCUT2D eigenvalue weighted by Gasteiger charge is 2.25. The Balaban J connectivity index is 3.73. The fraction of sp³-hybridized carbons (Fsp3) is 0.833. The topological polar surface area (TPSA) is 156 Å². The molecule has 0 aromatic rings. The number of amides is 2. The van der Waals surface area contributed by atoms with E-state index in [1.54, 1.807) is 0 Å². The molecule has 0 spiro atoms. The molecule has 0 saturated carbocycles. The Morgan fingerprint density at radius 1 is 0.893 bits per heavy atom. The normalized spacial score (nSPS) is 12.1. The first-order valence-corrected chi connectivity index (χ1v) is 10.1. The predicted octanol–water partition coefficient (Wildman–Crippen LogP) is -0.996. The van der Waals surface area contributed by atoms with Gasteiger partial charge in [0.1, 0.15) is 6.34 Å². The summed E-state index contributed by atoms with van der Waals surface area (Å²) in [6.45, 7) is 4.36. The Morgan fingerprint density at radius 2 is 1.43 bits per heavy atom. The molecule has 0 bridgehead atoms. The van der Waals surface area contributed by atoms with E-state index in [4.69, 9.17) is 16.3 Å². The second-order valence-corrected chi connectivity index (χ2v) is 6.44. The van der Waals surface area contributed by atoms with Crippen molar-refractivity contribution >= 4 is 18.2 Å². The number of nitrogens with zero attached hydrogens (tertiary/aromatic N) is 1. The van der Waals surface area contributed by atoms with Crippen LogP contribution in [0.3, 0.4) is 0 Å². The van der Waals surface area contributed by atoms with Gasteiger partial charge in [-0.3, -0.25) is 9.59 Å². The van der Waals surface area contributed by atoms with Crippen LogP contribution >= 0.6 is 0 Å². The Bertz CT molecular complexity index is 422. The van der Waals surface area contributed by atoms with Gasteiger partial charge in [-0.15, -0.1) is 0 Å². The van der Waals surface area contributed by atoms with Gasteiger partial charge in [-0.2, -0.15) is 5.10 Å². The highest BCUT2D eigenvalue weighted by Crippen LogP contribution is 1.98. The number of unbranched alkanes of at least 4 members (excludes halogenated alkanes) is 4. The summed E-state index contributed by atoms with van der Waals surface area (Å²) < 4.78 is 5.05. The molecule has 10 nitrogen and oxygen atoms in total. The van der Waals surface area contributed by atoms with Crippen LogP contribution in [0.1, 0.15) is 44.9 Å². The average molecular weight is 402 g/mol. The number of nitrogens with one attached hydrogen (secondary N) is 4. The van der Waals surface area contributed by atoms with Crippen molar-refractivity contribution in [3.63, 3.8) is 0 Å². The Morgan fingerprint density at radius 3 is 2.00 bits per heavy atom. The van der Waals surface area contributed by atoms with E-state index < -0.39 is 17.9 Å². The van der Waals surface area contributed by atoms with E-state index in [0.29, 0.717) is 19.6 Å². The number of carbonyl (C=O) groups excluding carboxylic acids is 2. The third-order valence-electron chi connectivity index (χ3n) is 4.06. The van der Waals surface area contributed by atoms with Crippen LogP contribution in [0.2, 0.25) is 0 Å². The van der Waals surface area contributed by atoms with Gasteiger partial charge >= 0.3 is 0 Å². The van der Waals surface area contributed by atoms with E-state index in [1.807, 2.05) is 0 Å². The fourth-order valence-corrected chi connectivity index (χ4v) is 2.49. The third kappa shape index (κ3) is 15.2. The largest absolute Gasteiger partial charge is 0.375 e. The van der Waals surface area contributed by atoms with Crippen LogP contribution in [-0.2, 0) is 14.3 Å². The van der Waals surface area contributed by atoms with E-state index in [9.17, 15) is 9.59 Å². The summed E-state index contributed by atoms with van der Waals surface area (Å²) in [6, 6.07) is 0. The van der Waals surface area contributed by atoms with Gasteiger partial charge in [0.2, 0.25) is 6.10 Å². The van der Waals surface area contributed by atoms with Crippen molar-refractivity contribution in [2.24, 2.45) is 16.7 Å². The van der Waals surface area contributed by atoms with Crippen LogP contribution < -0.4 is 32.8 Å². The highest BCUT2D eigenvalue weighted by atomic mass is 16.5. The summed E-state index contributed by atoms with van der Waals surface area (Å²) in [5, 5.41) is 15.1. The summed E-state index contributed by atoms with van der Waals surface area (Å²) in [5.41, 5.74) is 5.42. The van der Waals surface area contributed by atoms with Crippen LogP contribution in [0.15, 0.2) is 5.10 Å². The zero-order chi connectivity index (χ0) is 20.9. The maximum atomic E-state index is 12.1. The van der Waals surface area contributed by atoms with Crippen molar-refractivity contribution in [1.29, 1.82) is 0 Å². The molecule has 164 valence electrons. The quantitative estimate of drug-likeness (QED) is 0.0405. The standard InChI is InChI=1S/C18H39N7O3/c1-28-16(18(27)24-14-7-6-10-21-12-8-9-19)17(26)23-13-5-3-2-4-11-22-15-25-20/h15-16,21H,2-14,19-20H2,1H3,(H,22,25)(H,23,26)(H,24,27). The lowest BCUT2D eigenvalue weighted by atomic mass is 10.2. The number of rotatable bonds is 19. The van der Waals surface area contributed by atoms with E-state index in [2.05, 4.69) is 26.4 Å². The number of carbonyl (C=O) groups is 2. The lowest BCUT2D eigenvalue weighted by Crippen LogP contribution is -2.47. The van der Waals surface area contributed by atoms with Crippen molar-refractivity contribution in [2.75, 3.05) is 46.4 Å². The highest BCUT2D eigenvalue weighted by molar-refractivity contribution is 6.03. The number of nitrogens with two attached hydrogens (primary N) is 2. The number of ether oxygens (including phenoxy) is 1. The number of hydrogen-bond acceptors (Lipinski definition) is 7. The van der Waals surface area contributed by atoms with Crippen LogP contribution in [0, 0.1) is 0 Å². The molecule has 0 aliphatic carbocycles. The lowest BCUT2D eigenvalue weighted by Gasteiger charge is -2.15. The maximum absolute atomic E-state index is 12.1. The molecule has 0 fully saturated rings. The van der Waals surface area contributed by atoms with Crippen molar-refractivity contribution in [3.05, 3.63) is 0 Å². The Labute approximate surface area is 168 Å². The van der Waals surface area contributed by atoms with Gasteiger partial charge in [0.25, 0.3) is 11.8 Å². The van der Waals surface area contributed by atoms with E-state index in [-0.39, 0.29) is 0 Å². The average Bonchev–Trinajstić information content (AvgIpc) is 2.69. The van der Waals surface area contributed by atoms with E-state index in [0.717, 1.165) is 64.6 Å². The van der Waals surface area contributed by atoms with Gasteiger partial charge in [0.15, 0.2) is 0 Å². The molecule has 0 rings (SSSR count). The van der Waals surface area contributed by atoms with Crippen LogP contribution in [-0.4, -0.2) is 70.6 Å². The minimum absolute atomic E-state index is 0.399. The third-order valence-corrected chi connectivity index (χ3v) is 4.06. The molecule has 28 heavy (non-hydrogen) atoms. The number of hydrazone groups is 1. The lowest BCUT2D eigenvalue weighted by molar-refractivity contribution is -0.143. The summed E-state index contributed by atoms with van der Waals surface area (Å²) in [7, 11) is 1.36. The first-order valence-electron chi connectivity index (χ1n) is 10.1. The Hall–Kier alpha value is -1.91. The molecule has 0 aromatic carbocycles. The summed E-state index contributed by atoms with van der Waals surface area (Å²) in [4.78, 5) is 24.2. The van der Waals surface area contributed by atoms with Crippen molar-refractivity contribution in [2.45, 2.75) is 51.0 Å². The van der Waals surface area contributed by atoms with Gasteiger partial charge < -0.3 is 37.6 Å². The van der Waals surface area contributed by atoms with Crippen molar-refractivity contribution in [1.82, 2.24) is 21.3 Å². The van der Waals surface area contributed by atoms with Gasteiger partial charge in [-0.1, -0.05) is 12.8 Å². The molecule has 0 aliphatic rings. The second-order valence-electron chi connectivity index (χ2n) is 6.44. The maximum Gasteiger partial charge on any atom is 0.258 e. The molecule has 10 heteroatoms. The molecular formula is C18H39N7O3. The molecule has 1 atom stereocenters. The molecule has 0 radical (unpaired) electrons. The molecule has 1 unspecified atom stereocenters. The summed E-state index contributed by atoms with van der Waals surface area (Å²) >= 11 is 0. The molecule has 2 amide bonds. The number of hydrogen-bond donors (Lipinski definition) is 6. The zero-order valence-electron chi connectivity index (χ0n) is 17.2. The molecule has 0 aromatic heterocycles. The van der Waals surface area contributed by atoms with Crippen molar-refractivity contribution in [3.8, 4) is 0 Å². The van der Waals surface area contributed by atoms with E-state index in [1.165, 1.54) is 13.4 Å². The van der Waals surface area contributed by atoms with Gasteiger partial charge in [-0.25, -0.2) is 0 Å². The number of methoxy groups -OCH3 is 1. The molecule has 0 aliphatic heterocycles. The van der Waals surface area contributed by atoms with Crippen LogP contribution in [0.25, 0.3) is 0 Å². The molecule has 8 N–H and O–H groups in total. The van der Waals surface area contributed by atoms with Crippen LogP contribution in [0.5, 0.6) is 0 Å². The molecular weight excluding hydrogens is 362 g/mol. The molecule has 0 heterocycles. The minimum atomic E-state index is -1.11. The Kier molecular flexibility index (Phi) is 18.5. The minimum Gasteiger partial charge on any atom is -0.375 e.